The van der Waals surface area contributed by atoms with E-state index in [4.69, 9.17) is 23.2 Å². The van der Waals surface area contributed by atoms with E-state index in [1.165, 1.54) is 11.1 Å². The van der Waals surface area contributed by atoms with Crippen molar-refractivity contribution >= 4 is 33.3 Å². The van der Waals surface area contributed by atoms with Gasteiger partial charge in [0.05, 0.1) is 0 Å². The molecule has 0 saturated heterocycles. The van der Waals surface area contributed by atoms with Crippen molar-refractivity contribution in [3.8, 4) is 0 Å². The van der Waals surface area contributed by atoms with E-state index >= 15 is 0 Å². The maximum absolute atomic E-state index is 6.08. The zero-order valence-electron chi connectivity index (χ0n) is 9.73. The first-order valence-corrected chi connectivity index (χ1v) is 9.14. The molecular weight excluding hydrogens is 437 g/mol. The van der Waals surface area contributed by atoms with Gasteiger partial charge in [-0.05, 0) is 0 Å². The van der Waals surface area contributed by atoms with E-state index in [0.717, 1.165) is 5.69 Å². The van der Waals surface area contributed by atoms with Crippen molar-refractivity contribution in [2.24, 2.45) is 3.50 Å². The summed E-state index contributed by atoms with van der Waals surface area (Å²) in [5, 5.41) is 1.25. The van der Waals surface area contributed by atoms with Crippen LogP contribution in [-0.4, -0.2) is 4.40 Å². The fraction of sp³-hybridized carbons (Fsp3) is 0.0714. The van der Waals surface area contributed by atoms with E-state index in [1.54, 1.807) is 0 Å². The molecule has 0 unspecified atom stereocenters. The molecule has 1 nitrogen and oxygen atoms in total. The molecule has 0 saturated carbocycles. The fourth-order valence-corrected chi connectivity index (χ4v) is 4.95. The Morgan fingerprint density at radius 2 is 1.67 bits per heavy atom. The molecule has 18 heavy (non-hydrogen) atoms. The van der Waals surface area contributed by atoms with Gasteiger partial charge in [0.2, 0.25) is 0 Å². The summed E-state index contributed by atoms with van der Waals surface area (Å²) < 4.78 is 6.82. The maximum atomic E-state index is 6.08. The van der Waals surface area contributed by atoms with Crippen LogP contribution in [0, 0.1) is 6.92 Å². The molecule has 2 aromatic rings. The van der Waals surface area contributed by atoms with Gasteiger partial charge in [-0.25, -0.2) is 0 Å². The topological polar surface area (TPSA) is 12.4 Å². The molecule has 0 aliphatic carbocycles. The van der Waals surface area contributed by atoms with Gasteiger partial charge in [-0.2, -0.15) is 0 Å². The number of hydrogen-bond donors (Lipinski definition) is 0. The first kappa shape index (κ1) is 13.8. The number of nitrogens with zero attached hydrogens (tertiary/aromatic N) is 1. The molecule has 0 N–H and O–H groups in total. The summed E-state index contributed by atoms with van der Waals surface area (Å²) in [6.45, 7) is 2.10. The van der Waals surface area contributed by atoms with Crippen molar-refractivity contribution in [2.75, 3.05) is 0 Å². The molecule has 0 aliphatic heterocycles. The molecular formula is C14H11Cl2NW. The van der Waals surface area contributed by atoms with Crippen LogP contribution in [-0.2, 0) is 17.9 Å². The molecule has 4 heteroatoms. The fourth-order valence-electron chi connectivity index (χ4n) is 1.43. The molecule has 0 atom stereocenters. The van der Waals surface area contributed by atoms with Crippen molar-refractivity contribution < 1.29 is 17.9 Å². The quantitative estimate of drug-likeness (QED) is 0.611. The van der Waals surface area contributed by atoms with Crippen LogP contribution in [0.4, 0.5) is 5.69 Å². The van der Waals surface area contributed by atoms with E-state index in [2.05, 4.69) is 27.0 Å². The van der Waals surface area contributed by atoms with Gasteiger partial charge in [0.25, 0.3) is 0 Å². The number of rotatable bonds is 2. The monoisotopic (exact) mass is 447 g/mol. The second-order valence-corrected chi connectivity index (χ2v) is 6.82. The molecule has 0 bridgehead atoms. The van der Waals surface area contributed by atoms with Crippen molar-refractivity contribution in [3.63, 3.8) is 0 Å². The van der Waals surface area contributed by atoms with E-state index < -0.39 is 17.9 Å². The van der Waals surface area contributed by atoms with Gasteiger partial charge in [-0.1, -0.05) is 0 Å². The van der Waals surface area contributed by atoms with Crippen LogP contribution in [0.5, 0.6) is 0 Å². The van der Waals surface area contributed by atoms with E-state index in [-0.39, 0.29) is 0 Å². The Labute approximate surface area is 125 Å². The number of hydrogen-bond acceptors (Lipinski definition) is 1. The third kappa shape index (κ3) is 3.45. The molecule has 0 spiro atoms. The average molecular weight is 448 g/mol. The summed E-state index contributed by atoms with van der Waals surface area (Å²) in [7, 11) is 0. The predicted octanol–water partition coefficient (Wildman–Crippen LogP) is 5.05. The standard InChI is InChI=1S/C8H8.C6H3Cl2N.W/c1-7-5-3-4-6-8(7)2;7-4-2-1-3-5(8)6(4)9;/h1,3-6H,2H3;1-3H;. The molecule has 2 aromatic carbocycles. The van der Waals surface area contributed by atoms with Crippen LogP contribution in [0.1, 0.15) is 11.1 Å². The van der Waals surface area contributed by atoms with Gasteiger partial charge >= 0.3 is 125 Å². The van der Waals surface area contributed by atoms with Gasteiger partial charge in [0.1, 0.15) is 0 Å². The molecule has 0 heterocycles. The minimum atomic E-state index is -0.975. The Hall–Kier alpha value is -0.622. The van der Waals surface area contributed by atoms with E-state index in [0.29, 0.717) is 10.0 Å². The Morgan fingerprint density at radius 3 is 2.33 bits per heavy atom. The molecule has 0 aliphatic rings. The summed E-state index contributed by atoms with van der Waals surface area (Å²) in [6.07, 6.45) is 0. The summed E-state index contributed by atoms with van der Waals surface area (Å²) >= 11 is 11.2. The van der Waals surface area contributed by atoms with E-state index in [1.807, 2.05) is 30.3 Å². The van der Waals surface area contributed by atoms with Crippen molar-refractivity contribution in [2.45, 2.75) is 6.92 Å². The molecule has 0 amide bonds. The predicted molar refractivity (Wildman–Crippen MR) is 74.9 cm³/mol. The normalized spacial score (nSPS) is 9.94. The number of aryl methyl sites for hydroxylation is 1. The molecule has 2 rings (SSSR count). The Bertz CT molecular complexity index is 611. The first-order chi connectivity index (χ1) is 8.68. The zero-order chi connectivity index (χ0) is 13.0. The number of halogens is 2. The average Bonchev–Trinajstić information content (AvgIpc) is 2.35. The van der Waals surface area contributed by atoms with Crippen LogP contribution < -0.4 is 0 Å². The van der Waals surface area contributed by atoms with Gasteiger partial charge in [0.15, 0.2) is 0 Å². The molecule has 92 valence electrons. The van der Waals surface area contributed by atoms with Crippen LogP contribution in [0.3, 0.4) is 0 Å². The Kier molecular flexibility index (Phi) is 5.00. The summed E-state index contributed by atoms with van der Waals surface area (Å²) in [4.78, 5) is 0. The summed E-state index contributed by atoms with van der Waals surface area (Å²) in [6, 6.07) is 13.8. The van der Waals surface area contributed by atoms with Crippen LogP contribution in [0.15, 0.2) is 46.0 Å². The third-order valence-electron chi connectivity index (χ3n) is 2.45. The molecule has 0 fully saturated rings. The summed E-state index contributed by atoms with van der Waals surface area (Å²) in [5.41, 5.74) is 3.27. The van der Waals surface area contributed by atoms with Gasteiger partial charge < -0.3 is 0 Å². The Balaban J connectivity index is 2.34. The van der Waals surface area contributed by atoms with Crippen molar-refractivity contribution in [1.29, 1.82) is 0 Å². The van der Waals surface area contributed by atoms with Crippen LogP contribution >= 0.6 is 23.2 Å². The Morgan fingerprint density at radius 1 is 1.00 bits per heavy atom. The zero-order valence-corrected chi connectivity index (χ0v) is 14.2. The van der Waals surface area contributed by atoms with Crippen LogP contribution in [0.2, 0.25) is 10.0 Å². The van der Waals surface area contributed by atoms with Crippen LogP contribution in [0.25, 0.3) is 0 Å². The van der Waals surface area contributed by atoms with Crippen molar-refractivity contribution in [1.82, 2.24) is 0 Å². The molecule has 0 aromatic heterocycles. The van der Waals surface area contributed by atoms with Gasteiger partial charge in [0, 0.05) is 0 Å². The number of benzene rings is 2. The SMILES string of the molecule is Cc1ccccc1[CH]=[W]=[N]c1c(Cl)cccc1Cl. The minimum absolute atomic E-state index is 0.626. The van der Waals surface area contributed by atoms with Gasteiger partial charge in [-0.15, -0.1) is 0 Å². The van der Waals surface area contributed by atoms with Gasteiger partial charge in [-0.3, -0.25) is 0 Å². The second-order valence-electron chi connectivity index (χ2n) is 3.74. The van der Waals surface area contributed by atoms with E-state index in [9.17, 15) is 0 Å². The first-order valence-electron chi connectivity index (χ1n) is 5.38. The third-order valence-corrected chi connectivity index (χ3v) is 5.39. The van der Waals surface area contributed by atoms with Crippen molar-refractivity contribution in [3.05, 3.63) is 63.6 Å². The second kappa shape index (κ2) is 6.52. The molecule has 0 radical (unpaired) electrons. The summed E-state index contributed by atoms with van der Waals surface area (Å²) in [5.74, 6) is 0.